The van der Waals surface area contributed by atoms with Gasteiger partial charge in [0.25, 0.3) is 0 Å². The predicted molar refractivity (Wildman–Crippen MR) is 199 cm³/mol. The SMILES string of the molecule is c1cnc2c(c1)ccc1c(-c3ccc(-c4ccc(-c5nc6c7ccccc7c7ccccc7c6c6ccccc56)cc4)nc3)ccnc12. The summed E-state index contributed by atoms with van der Waals surface area (Å²) in [5.41, 5.74) is 9.03. The number of aromatic nitrogens is 4. The van der Waals surface area contributed by atoms with E-state index >= 15 is 0 Å². The highest BCUT2D eigenvalue weighted by molar-refractivity contribution is 6.31. The van der Waals surface area contributed by atoms with Crippen molar-refractivity contribution in [2.24, 2.45) is 0 Å². The van der Waals surface area contributed by atoms with E-state index < -0.39 is 0 Å². The number of hydrogen-bond donors (Lipinski definition) is 0. The van der Waals surface area contributed by atoms with Gasteiger partial charge in [0, 0.05) is 62.2 Å². The average Bonchev–Trinajstić information content (AvgIpc) is 3.17. The van der Waals surface area contributed by atoms with E-state index in [2.05, 4.69) is 143 Å². The Morgan fingerprint density at radius 1 is 0.354 bits per heavy atom. The molecule has 48 heavy (non-hydrogen) atoms. The molecular formula is C44H26N4. The fourth-order valence-corrected chi connectivity index (χ4v) is 7.34. The normalized spacial score (nSPS) is 11.8. The van der Waals surface area contributed by atoms with Gasteiger partial charge in [-0.05, 0) is 45.3 Å². The van der Waals surface area contributed by atoms with Crippen LogP contribution in [0.4, 0.5) is 0 Å². The molecule has 0 N–H and O–H groups in total. The van der Waals surface area contributed by atoms with Crippen molar-refractivity contribution in [1.29, 1.82) is 0 Å². The number of pyridine rings is 4. The molecule has 10 rings (SSSR count). The van der Waals surface area contributed by atoms with Crippen LogP contribution >= 0.6 is 0 Å². The highest BCUT2D eigenvalue weighted by atomic mass is 14.7. The molecule has 0 fully saturated rings. The predicted octanol–water partition coefficient (Wildman–Crippen LogP) is 11.2. The Hall–Kier alpha value is -6.52. The van der Waals surface area contributed by atoms with Gasteiger partial charge in [-0.2, -0.15) is 0 Å². The molecule has 10 aromatic rings. The minimum atomic E-state index is 0.904. The lowest BCUT2D eigenvalue weighted by Crippen LogP contribution is -1.93. The van der Waals surface area contributed by atoms with Gasteiger partial charge >= 0.3 is 0 Å². The first-order chi connectivity index (χ1) is 23.8. The Bertz CT molecular complexity index is 2880. The molecule has 0 amide bonds. The maximum atomic E-state index is 5.42. The summed E-state index contributed by atoms with van der Waals surface area (Å²) in [7, 11) is 0. The highest BCUT2D eigenvalue weighted by Gasteiger charge is 2.16. The van der Waals surface area contributed by atoms with Crippen molar-refractivity contribution in [1.82, 2.24) is 19.9 Å². The molecule has 0 bridgehead atoms. The van der Waals surface area contributed by atoms with E-state index in [0.29, 0.717) is 0 Å². The quantitative estimate of drug-likeness (QED) is 0.187. The second-order valence-corrected chi connectivity index (χ2v) is 12.2. The minimum Gasteiger partial charge on any atom is -0.256 e. The fraction of sp³-hybridized carbons (Fsp3) is 0. The van der Waals surface area contributed by atoms with Gasteiger partial charge in [-0.15, -0.1) is 0 Å². The summed E-state index contributed by atoms with van der Waals surface area (Å²) in [6.45, 7) is 0. The van der Waals surface area contributed by atoms with E-state index in [-0.39, 0.29) is 0 Å². The molecule has 0 aliphatic heterocycles. The zero-order valence-electron chi connectivity index (χ0n) is 25.8. The van der Waals surface area contributed by atoms with Gasteiger partial charge in [0.2, 0.25) is 0 Å². The van der Waals surface area contributed by atoms with Crippen LogP contribution in [-0.4, -0.2) is 19.9 Å². The van der Waals surface area contributed by atoms with Crippen molar-refractivity contribution in [3.8, 4) is 33.6 Å². The molecular weight excluding hydrogens is 585 g/mol. The molecule has 0 saturated carbocycles. The molecule has 222 valence electrons. The van der Waals surface area contributed by atoms with E-state index in [1.807, 2.05) is 24.7 Å². The van der Waals surface area contributed by atoms with Crippen LogP contribution in [0.3, 0.4) is 0 Å². The Morgan fingerprint density at radius 3 is 1.77 bits per heavy atom. The second kappa shape index (κ2) is 10.5. The van der Waals surface area contributed by atoms with E-state index in [1.54, 1.807) is 0 Å². The van der Waals surface area contributed by atoms with Crippen LogP contribution in [0.2, 0.25) is 0 Å². The van der Waals surface area contributed by atoms with Crippen LogP contribution in [0.15, 0.2) is 158 Å². The second-order valence-electron chi connectivity index (χ2n) is 12.2. The summed E-state index contributed by atoms with van der Waals surface area (Å²) < 4.78 is 0. The van der Waals surface area contributed by atoms with Crippen LogP contribution in [0, 0.1) is 0 Å². The van der Waals surface area contributed by atoms with Crippen LogP contribution in [0.25, 0.3) is 98.7 Å². The minimum absolute atomic E-state index is 0.904. The molecule has 0 radical (unpaired) electrons. The zero-order chi connectivity index (χ0) is 31.6. The molecule has 4 nitrogen and oxygen atoms in total. The number of benzene rings is 6. The average molecular weight is 611 g/mol. The molecule has 0 aliphatic rings. The molecule has 0 unspecified atom stereocenters. The topological polar surface area (TPSA) is 51.6 Å². The third-order valence-electron chi connectivity index (χ3n) is 9.59. The van der Waals surface area contributed by atoms with Crippen molar-refractivity contribution in [2.45, 2.75) is 0 Å². The monoisotopic (exact) mass is 610 g/mol. The smallest absolute Gasteiger partial charge is 0.0970 e. The van der Waals surface area contributed by atoms with Crippen LogP contribution in [-0.2, 0) is 0 Å². The lowest BCUT2D eigenvalue weighted by Gasteiger charge is -2.15. The summed E-state index contributed by atoms with van der Waals surface area (Å²) in [5.74, 6) is 0. The van der Waals surface area contributed by atoms with Crippen molar-refractivity contribution in [3.63, 3.8) is 0 Å². The largest absolute Gasteiger partial charge is 0.256 e. The van der Waals surface area contributed by atoms with E-state index in [0.717, 1.165) is 66.4 Å². The van der Waals surface area contributed by atoms with Gasteiger partial charge in [0.15, 0.2) is 0 Å². The fourth-order valence-electron chi connectivity index (χ4n) is 7.34. The Kier molecular flexibility index (Phi) is 5.84. The highest BCUT2D eigenvalue weighted by Crippen LogP contribution is 2.41. The standard InChI is InChI=1S/C44H26N4/c1-3-11-34-32(9-1)33-10-2-5-13-36(33)43-40(34)35-12-4-6-14-37(35)41(48-43)29-17-15-27(16-18-29)39-22-20-30(26-47-39)31-23-25-46-44-38(31)21-19-28-8-7-24-45-42(28)44/h1-26H. The summed E-state index contributed by atoms with van der Waals surface area (Å²) in [5, 5.41) is 10.6. The first-order valence-corrected chi connectivity index (χ1v) is 16.1. The van der Waals surface area contributed by atoms with Gasteiger partial charge in [0.05, 0.1) is 27.9 Å². The van der Waals surface area contributed by atoms with Gasteiger partial charge in [-0.25, -0.2) is 4.98 Å². The van der Waals surface area contributed by atoms with Crippen LogP contribution < -0.4 is 0 Å². The van der Waals surface area contributed by atoms with Crippen molar-refractivity contribution in [3.05, 3.63) is 158 Å². The third kappa shape index (κ3) is 4.03. The number of rotatable bonds is 3. The molecule has 0 spiro atoms. The molecule has 6 aromatic carbocycles. The molecule has 4 aromatic heterocycles. The van der Waals surface area contributed by atoms with Gasteiger partial charge in [-0.3, -0.25) is 15.0 Å². The Labute approximate surface area is 276 Å². The zero-order valence-corrected chi connectivity index (χ0v) is 25.8. The number of nitrogens with zero attached hydrogens (tertiary/aromatic N) is 4. The van der Waals surface area contributed by atoms with Crippen LogP contribution in [0.1, 0.15) is 0 Å². The van der Waals surface area contributed by atoms with E-state index in [4.69, 9.17) is 9.97 Å². The van der Waals surface area contributed by atoms with E-state index in [9.17, 15) is 0 Å². The Balaban J connectivity index is 1.07. The van der Waals surface area contributed by atoms with Crippen LogP contribution in [0.5, 0.6) is 0 Å². The number of fused-ring (bicyclic) bond motifs is 11. The van der Waals surface area contributed by atoms with Crippen molar-refractivity contribution >= 4 is 65.0 Å². The van der Waals surface area contributed by atoms with Crippen molar-refractivity contribution < 1.29 is 0 Å². The van der Waals surface area contributed by atoms with Crippen molar-refractivity contribution in [2.75, 3.05) is 0 Å². The number of hydrogen-bond acceptors (Lipinski definition) is 4. The molecule has 0 aliphatic carbocycles. The summed E-state index contributed by atoms with van der Waals surface area (Å²) in [6, 6.07) is 49.1. The lowest BCUT2D eigenvalue weighted by molar-refractivity contribution is 1.32. The molecule has 0 atom stereocenters. The lowest BCUT2D eigenvalue weighted by atomic mass is 9.92. The van der Waals surface area contributed by atoms with Gasteiger partial charge in [-0.1, -0.05) is 121 Å². The van der Waals surface area contributed by atoms with Gasteiger partial charge < -0.3 is 0 Å². The summed E-state index contributed by atoms with van der Waals surface area (Å²) in [4.78, 5) is 19.6. The van der Waals surface area contributed by atoms with E-state index in [1.165, 1.54) is 32.3 Å². The first kappa shape index (κ1) is 26.7. The first-order valence-electron chi connectivity index (χ1n) is 16.1. The molecule has 4 heterocycles. The summed E-state index contributed by atoms with van der Waals surface area (Å²) >= 11 is 0. The molecule has 0 saturated heterocycles. The maximum absolute atomic E-state index is 5.42. The summed E-state index contributed by atoms with van der Waals surface area (Å²) in [6.07, 6.45) is 5.63. The molecule has 4 heteroatoms. The van der Waals surface area contributed by atoms with Gasteiger partial charge in [0.1, 0.15) is 0 Å². The Morgan fingerprint density at radius 2 is 1.00 bits per heavy atom. The third-order valence-corrected chi connectivity index (χ3v) is 9.59. The maximum Gasteiger partial charge on any atom is 0.0970 e.